The number of nitrogens with one attached hydrogen (secondary N) is 1. The lowest BCUT2D eigenvalue weighted by molar-refractivity contribution is 0.0162. The van der Waals surface area contributed by atoms with Crippen molar-refractivity contribution < 1.29 is 14.3 Å². The molecule has 2 aromatic carbocycles. The number of carbonyl (C=O) groups is 1. The maximum atomic E-state index is 12.6. The average Bonchev–Trinajstić information content (AvgIpc) is 2.74. The summed E-state index contributed by atoms with van der Waals surface area (Å²) >= 11 is 0. The molecule has 1 aliphatic rings. The van der Waals surface area contributed by atoms with Gasteiger partial charge in [0.1, 0.15) is 5.75 Å². The Bertz CT molecular complexity index is 725. The van der Waals surface area contributed by atoms with Gasteiger partial charge in [0.25, 0.3) is 5.91 Å². The van der Waals surface area contributed by atoms with Crippen molar-refractivity contribution in [2.45, 2.75) is 19.9 Å². The summed E-state index contributed by atoms with van der Waals surface area (Å²) in [5.74, 6) is 1.20. The molecule has 0 aromatic heterocycles. The molecule has 28 heavy (non-hydrogen) atoms. The minimum Gasteiger partial charge on any atom is -0.493 e. The van der Waals surface area contributed by atoms with Gasteiger partial charge in [0.15, 0.2) is 0 Å². The molecular formula is C23H30N2O3. The summed E-state index contributed by atoms with van der Waals surface area (Å²) in [6, 6.07) is 17.8. The van der Waals surface area contributed by atoms with Crippen LogP contribution < -0.4 is 10.1 Å². The molecular weight excluding hydrogens is 352 g/mol. The third-order valence-electron chi connectivity index (χ3n) is 4.83. The molecule has 1 N–H and O–H groups in total. The molecule has 2 aromatic rings. The van der Waals surface area contributed by atoms with E-state index in [1.807, 2.05) is 42.5 Å². The Hall–Kier alpha value is -2.37. The van der Waals surface area contributed by atoms with Crippen molar-refractivity contribution in [3.63, 3.8) is 0 Å². The molecule has 3 rings (SSSR count). The zero-order valence-electron chi connectivity index (χ0n) is 16.8. The third-order valence-corrected chi connectivity index (χ3v) is 4.83. The number of rotatable bonds is 8. The number of benzene rings is 2. The summed E-state index contributed by atoms with van der Waals surface area (Å²) in [7, 11) is 0. The fraction of sp³-hybridized carbons (Fsp3) is 0.435. The van der Waals surface area contributed by atoms with Crippen molar-refractivity contribution in [3.8, 4) is 5.75 Å². The zero-order chi connectivity index (χ0) is 19.8. The highest BCUT2D eigenvalue weighted by atomic mass is 16.5. The van der Waals surface area contributed by atoms with Gasteiger partial charge in [-0.2, -0.15) is 0 Å². The normalized spacial score (nSPS) is 16.0. The summed E-state index contributed by atoms with van der Waals surface area (Å²) in [5.41, 5.74) is 1.85. The highest BCUT2D eigenvalue weighted by Crippen LogP contribution is 2.21. The molecule has 150 valence electrons. The summed E-state index contributed by atoms with van der Waals surface area (Å²) < 4.78 is 11.2. The molecule has 0 radical (unpaired) electrons. The first-order valence-electron chi connectivity index (χ1n) is 10.0. The largest absolute Gasteiger partial charge is 0.493 e. The second-order valence-corrected chi connectivity index (χ2v) is 7.51. The molecule has 5 heteroatoms. The second kappa shape index (κ2) is 10.2. The highest BCUT2D eigenvalue weighted by molar-refractivity contribution is 5.94. The van der Waals surface area contributed by atoms with E-state index in [-0.39, 0.29) is 11.9 Å². The summed E-state index contributed by atoms with van der Waals surface area (Å²) in [5, 5.41) is 3.10. The fourth-order valence-electron chi connectivity index (χ4n) is 3.28. The molecule has 0 saturated carbocycles. The topological polar surface area (TPSA) is 50.8 Å². The zero-order valence-corrected chi connectivity index (χ0v) is 16.8. The molecule has 1 saturated heterocycles. The Morgan fingerprint density at radius 3 is 2.39 bits per heavy atom. The van der Waals surface area contributed by atoms with E-state index in [2.05, 4.69) is 36.2 Å². The Balaban J connectivity index is 1.61. The number of nitrogens with zero attached hydrogens (tertiary/aromatic N) is 1. The molecule has 0 spiro atoms. The van der Waals surface area contributed by atoms with Gasteiger partial charge >= 0.3 is 0 Å². The van der Waals surface area contributed by atoms with Crippen LogP contribution in [0.1, 0.15) is 35.8 Å². The summed E-state index contributed by atoms with van der Waals surface area (Å²) in [6.07, 6.45) is 0. The van der Waals surface area contributed by atoms with Crippen LogP contribution in [0, 0.1) is 5.92 Å². The van der Waals surface area contributed by atoms with E-state index in [1.165, 1.54) is 5.56 Å². The number of morpholine rings is 1. The minimum atomic E-state index is -0.0652. The van der Waals surface area contributed by atoms with E-state index < -0.39 is 0 Å². The van der Waals surface area contributed by atoms with Gasteiger partial charge in [0.05, 0.1) is 25.9 Å². The van der Waals surface area contributed by atoms with Crippen molar-refractivity contribution in [2.75, 3.05) is 39.5 Å². The van der Waals surface area contributed by atoms with E-state index in [0.717, 1.165) is 32.1 Å². The Labute approximate surface area is 167 Å². The maximum Gasteiger partial charge on any atom is 0.251 e. The molecule has 1 amide bonds. The van der Waals surface area contributed by atoms with Crippen LogP contribution in [0.2, 0.25) is 0 Å². The first-order chi connectivity index (χ1) is 13.6. The van der Waals surface area contributed by atoms with Gasteiger partial charge in [-0.05, 0) is 35.7 Å². The minimum absolute atomic E-state index is 0.0652. The van der Waals surface area contributed by atoms with E-state index in [4.69, 9.17) is 9.47 Å². The molecule has 1 heterocycles. The van der Waals surface area contributed by atoms with Gasteiger partial charge < -0.3 is 14.8 Å². The van der Waals surface area contributed by atoms with Crippen LogP contribution in [0.3, 0.4) is 0 Å². The molecule has 0 aliphatic carbocycles. The standard InChI is InChI=1S/C23H30N2O3/c1-18(2)17-28-21-10-8-20(9-11-21)23(26)24-16-22(19-6-4-3-5-7-19)25-12-14-27-15-13-25/h3-11,18,22H,12-17H2,1-2H3,(H,24,26)/t22-/m1/s1. The predicted octanol–water partition coefficient (Wildman–Crippen LogP) is 3.52. The van der Waals surface area contributed by atoms with Gasteiger partial charge in [-0.15, -0.1) is 0 Å². The average molecular weight is 383 g/mol. The van der Waals surface area contributed by atoms with Crippen LogP contribution in [0.15, 0.2) is 54.6 Å². The van der Waals surface area contributed by atoms with Gasteiger partial charge in [-0.25, -0.2) is 0 Å². The summed E-state index contributed by atoms with van der Waals surface area (Å²) in [6.45, 7) is 8.66. The highest BCUT2D eigenvalue weighted by Gasteiger charge is 2.23. The van der Waals surface area contributed by atoms with Crippen molar-refractivity contribution in [1.82, 2.24) is 10.2 Å². The van der Waals surface area contributed by atoms with Crippen LogP contribution in [0.25, 0.3) is 0 Å². The lowest BCUT2D eigenvalue weighted by atomic mass is 10.0. The molecule has 0 unspecified atom stereocenters. The Morgan fingerprint density at radius 1 is 1.07 bits per heavy atom. The third kappa shape index (κ3) is 5.81. The van der Waals surface area contributed by atoms with Crippen molar-refractivity contribution in [1.29, 1.82) is 0 Å². The number of carbonyl (C=O) groups excluding carboxylic acids is 1. The predicted molar refractivity (Wildman–Crippen MR) is 111 cm³/mol. The van der Waals surface area contributed by atoms with E-state index in [9.17, 15) is 4.79 Å². The van der Waals surface area contributed by atoms with Gasteiger partial charge in [0, 0.05) is 25.2 Å². The van der Waals surface area contributed by atoms with Crippen molar-refractivity contribution >= 4 is 5.91 Å². The van der Waals surface area contributed by atoms with Crippen LogP contribution in [0.5, 0.6) is 5.75 Å². The van der Waals surface area contributed by atoms with E-state index in [1.54, 1.807) is 0 Å². The fourth-order valence-corrected chi connectivity index (χ4v) is 3.28. The van der Waals surface area contributed by atoms with Crippen LogP contribution >= 0.6 is 0 Å². The molecule has 0 bridgehead atoms. The lowest BCUT2D eigenvalue weighted by Crippen LogP contribution is -2.43. The molecule has 1 fully saturated rings. The number of ether oxygens (including phenoxy) is 2. The van der Waals surface area contributed by atoms with Crippen LogP contribution in [-0.2, 0) is 4.74 Å². The molecule has 5 nitrogen and oxygen atoms in total. The Kier molecular flexibility index (Phi) is 7.46. The first kappa shape index (κ1) is 20.4. The molecule has 1 atom stereocenters. The van der Waals surface area contributed by atoms with E-state index >= 15 is 0 Å². The van der Waals surface area contributed by atoms with E-state index in [0.29, 0.717) is 24.6 Å². The van der Waals surface area contributed by atoms with Gasteiger partial charge in [-0.3, -0.25) is 9.69 Å². The van der Waals surface area contributed by atoms with Gasteiger partial charge in [0.2, 0.25) is 0 Å². The summed E-state index contributed by atoms with van der Waals surface area (Å²) in [4.78, 5) is 15.0. The first-order valence-corrected chi connectivity index (χ1v) is 10.0. The van der Waals surface area contributed by atoms with Crippen molar-refractivity contribution in [2.24, 2.45) is 5.92 Å². The SMILES string of the molecule is CC(C)COc1ccc(C(=O)NC[C@H](c2ccccc2)N2CCOCC2)cc1. The van der Waals surface area contributed by atoms with Crippen LogP contribution in [-0.4, -0.2) is 50.3 Å². The Morgan fingerprint density at radius 2 is 1.75 bits per heavy atom. The number of hydrogen-bond acceptors (Lipinski definition) is 4. The quantitative estimate of drug-likeness (QED) is 0.759. The molecule has 1 aliphatic heterocycles. The van der Waals surface area contributed by atoms with Gasteiger partial charge in [-0.1, -0.05) is 44.2 Å². The number of hydrogen-bond donors (Lipinski definition) is 1. The van der Waals surface area contributed by atoms with Crippen molar-refractivity contribution in [3.05, 3.63) is 65.7 Å². The lowest BCUT2D eigenvalue weighted by Gasteiger charge is -2.35. The second-order valence-electron chi connectivity index (χ2n) is 7.51. The maximum absolute atomic E-state index is 12.6. The number of amides is 1. The van der Waals surface area contributed by atoms with Crippen LogP contribution in [0.4, 0.5) is 0 Å². The smallest absolute Gasteiger partial charge is 0.251 e. The monoisotopic (exact) mass is 382 g/mol.